The lowest BCUT2D eigenvalue weighted by Crippen LogP contribution is -2.08. The minimum Gasteiger partial charge on any atom is -0.316 e. The zero-order valence-corrected chi connectivity index (χ0v) is 8.70. The first-order chi connectivity index (χ1) is 3.93. The maximum Gasteiger partial charge on any atom is 0.00344 e. The molecule has 1 unspecified atom stereocenters. The van der Waals surface area contributed by atoms with Crippen LogP contribution in [0.25, 0.3) is 0 Å². The van der Waals surface area contributed by atoms with Crippen LogP contribution in [0.3, 0.4) is 0 Å². The Kier molecular flexibility index (Phi) is 6.27. The summed E-state index contributed by atoms with van der Waals surface area (Å²) in [5, 5.41) is 4.50. The number of nitrogens with one attached hydrogen (secondary N) is 1. The van der Waals surface area contributed by atoms with E-state index in [4.69, 9.17) is 0 Å². The molecule has 0 radical (unpaired) electrons. The maximum atomic E-state index is 3.43. The molecule has 0 amide bonds. The van der Waals surface area contributed by atoms with Crippen molar-refractivity contribution in [3.05, 3.63) is 0 Å². The summed E-state index contributed by atoms with van der Waals surface area (Å²) >= 11 is 3.43. The molecule has 0 bridgehead atoms. The zero-order valence-electron chi connectivity index (χ0n) is 5.40. The molecular formula is C6H13Br2N. The van der Waals surface area contributed by atoms with Crippen molar-refractivity contribution in [1.82, 2.24) is 5.32 Å². The fourth-order valence-electron chi connectivity index (χ4n) is 1.12. The molecule has 1 aliphatic heterocycles. The van der Waals surface area contributed by atoms with Crippen molar-refractivity contribution in [2.24, 2.45) is 5.92 Å². The Hall–Kier alpha value is 0.920. The number of alkyl halides is 1. The van der Waals surface area contributed by atoms with Gasteiger partial charge in [-0.25, -0.2) is 0 Å². The smallest absolute Gasteiger partial charge is 0.00344 e. The highest BCUT2D eigenvalue weighted by molar-refractivity contribution is 9.09. The first-order valence-electron chi connectivity index (χ1n) is 3.20. The Balaban J connectivity index is 0.000000640. The highest BCUT2D eigenvalue weighted by atomic mass is 79.9. The molecule has 9 heavy (non-hydrogen) atoms. The standard InChI is InChI=1S/C6H12BrN.BrH/c7-3-1-6-2-4-8-5-6;/h6,8H,1-5H2;1H. The van der Waals surface area contributed by atoms with Gasteiger partial charge in [-0.2, -0.15) is 0 Å². The summed E-state index contributed by atoms with van der Waals surface area (Å²) in [4.78, 5) is 0. The third-order valence-corrected chi connectivity index (χ3v) is 2.14. The first kappa shape index (κ1) is 9.92. The summed E-state index contributed by atoms with van der Waals surface area (Å²) in [5.74, 6) is 0.953. The highest BCUT2D eigenvalue weighted by Crippen LogP contribution is 2.12. The van der Waals surface area contributed by atoms with Crippen molar-refractivity contribution in [1.29, 1.82) is 0 Å². The van der Waals surface area contributed by atoms with Crippen molar-refractivity contribution >= 4 is 32.9 Å². The van der Waals surface area contributed by atoms with Crippen LogP contribution in [0, 0.1) is 5.92 Å². The molecule has 1 aliphatic rings. The second kappa shape index (κ2) is 5.69. The second-order valence-corrected chi connectivity index (χ2v) is 3.13. The van der Waals surface area contributed by atoms with E-state index >= 15 is 0 Å². The van der Waals surface area contributed by atoms with Crippen molar-refractivity contribution in [3.8, 4) is 0 Å². The highest BCUT2D eigenvalue weighted by Gasteiger charge is 2.12. The van der Waals surface area contributed by atoms with Crippen LogP contribution < -0.4 is 5.32 Å². The van der Waals surface area contributed by atoms with Gasteiger partial charge >= 0.3 is 0 Å². The molecule has 1 atom stereocenters. The molecule has 0 spiro atoms. The lowest BCUT2D eigenvalue weighted by Gasteiger charge is -2.01. The molecule has 1 heterocycles. The fraction of sp³-hybridized carbons (Fsp3) is 1.00. The van der Waals surface area contributed by atoms with Gasteiger partial charge in [0.1, 0.15) is 0 Å². The molecule has 0 aromatic rings. The van der Waals surface area contributed by atoms with Gasteiger partial charge in [-0.3, -0.25) is 0 Å². The van der Waals surface area contributed by atoms with Gasteiger partial charge in [0.2, 0.25) is 0 Å². The van der Waals surface area contributed by atoms with E-state index in [2.05, 4.69) is 21.2 Å². The van der Waals surface area contributed by atoms with Crippen LogP contribution in [0.1, 0.15) is 12.8 Å². The summed E-state index contributed by atoms with van der Waals surface area (Å²) in [6, 6.07) is 0. The molecule has 1 N–H and O–H groups in total. The number of hydrogen-bond acceptors (Lipinski definition) is 1. The SMILES string of the molecule is Br.BrCCC1CCNC1. The second-order valence-electron chi connectivity index (χ2n) is 2.34. The topological polar surface area (TPSA) is 12.0 Å². The summed E-state index contributed by atoms with van der Waals surface area (Å²) in [6.07, 6.45) is 2.72. The van der Waals surface area contributed by atoms with E-state index < -0.39 is 0 Å². The van der Waals surface area contributed by atoms with Crippen LogP contribution in [0.5, 0.6) is 0 Å². The lowest BCUT2D eigenvalue weighted by atomic mass is 10.1. The molecule has 1 rings (SSSR count). The first-order valence-corrected chi connectivity index (χ1v) is 4.32. The average molecular weight is 259 g/mol. The van der Waals surface area contributed by atoms with Gasteiger partial charge in [-0.05, 0) is 31.8 Å². The van der Waals surface area contributed by atoms with E-state index in [-0.39, 0.29) is 17.0 Å². The molecule has 1 fully saturated rings. The van der Waals surface area contributed by atoms with Crippen molar-refractivity contribution in [2.45, 2.75) is 12.8 Å². The monoisotopic (exact) mass is 257 g/mol. The Morgan fingerprint density at radius 2 is 2.33 bits per heavy atom. The van der Waals surface area contributed by atoms with Gasteiger partial charge in [0.25, 0.3) is 0 Å². The van der Waals surface area contributed by atoms with Crippen LogP contribution in [-0.4, -0.2) is 18.4 Å². The average Bonchev–Trinajstić information content (AvgIpc) is 2.19. The molecule has 0 aliphatic carbocycles. The normalized spacial score (nSPS) is 25.7. The predicted octanol–water partition coefficient (Wildman–Crippen LogP) is 1.96. The molecule has 56 valence electrons. The van der Waals surface area contributed by atoms with Crippen molar-refractivity contribution < 1.29 is 0 Å². The van der Waals surface area contributed by atoms with Gasteiger partial charge in [0.15, 0.2) is 0 Å². The molecule has 1 nitrogen and oxygen atoms in total. The Bertz CT molecular complexity index is 62.1. The van der Waals surface area contributed by atoms with Crippen molar-refractivity contribution in [3.63, 3.8) is 0 Å². The molecule has 0 aromatic carbocycles. The minimum atomic E-state index is 0. The van der Waals surface area contributed by atoms with Crippen molar-refractivity contribution in [2.75, 3.05) is 18.4 Å². The van der Waals surface area contributed by atoms with Gasteiger partial charge in [0, 0.05) is 5.33 Å². The van der Waals surface area contributed by atoms with Crippen LogP contribution in [0.2, 0.25) is 0 Å². The molecule has 3 heteroatoms. The number of rotatable bonds is 2. The van der Waals surface area contributed by atoms with Crippen LogP contribution in [0.4, 0.5) is 0 Å². The third-order valence-electron chi connectivity index (χ3n) is 1.68. The van der Waals surface area contributed by atoms with E-state index in [1.165, 1.54) is 31.3 Å². The van der Waals surface area contributed by atoms with Gasteiger partial charge in [0.05, 0.1) is 0 Å². The summed E-state index contributed by atoms with van der Waals surface area (Å²) in [5.41, 5.74) is 0. The quantitative estimate of drug-likeness (QED) is 0.747. The molecule has 0 aromatic heterocycles. The van der Waals surface area contributed by atoms with E-state index in [1.54, 1.807) is 0 Å². The fourth-order valence-corrected chi connectivity index (χ4v) is 1.76. The predicted molar refractivity (Wildman–Crippen MR) is 49.7 cm³/mol. The van der Waals surface area contributed by atoms with Crippen LogP contribution in [0.15, 0.2) is 0 Å². The Labute approximate surface area is 75.5 Å². The number of halogens is 2. The summed E-state index contributed by atoms with van der Waals surface area (Å²) in [7, 11) is 0. The molecule has 1 saturated heterocycles. The number of hydrogen-bond donors (Lipinski definition) is 1. The van der Waals surface area contributed by atoms with E-state index in [1.807, 2.05) is 0 Å². The van der Waals surface area contributed by atoms with Gasteiger partial charge < -0.3 is 5.32 Å². The van der Waals surface area contributed by atoms with E-state index in [0.29, 0.717) is 0 Å². The largest absolute Gasteiger partial charge is 0.316 e. The Morgan fingerprint density at radius 3 is 2.78 bits per heavy atom. The Morgan fingerprint density at radius 1 is 1.56 bits per heavy atom. The minimum absolute atomic E-state index is 0. The van der Waals surface area contributed by atoms with Crippen LogP contribution in [-0.2, 0) is 0 Å². The van der Waals surface area contributed by atoms with Gasteiger partial charge in [-0.1, -0.05) is 15.9 Å². The molecule has 0 saturated carbocycles. The van der Waals surface area contributed by atoms with Crippen LogP contribution >= 0.6 is 32.9 Å². The third kappa shape index (κ3) is 3.58. The van der Waals surface area contributed by atoms with E-state index in [9.17, 15) is 0 Å². The van der Waals surface area contributed by atoms with E-state index in [0.717, 1.165) is 5.92 Å². The lowest BCUT2D eigenvalue weighted by molar-refractivity contribution is 0.569. The van der Waals surface area contributed by atoms with Gasteiger partial charge in [-0.15, -0.1) is 17.0 Å². The summed E-state index contributed by atoms with van der Waals surface area (Å²) in [6.45, 7) is 2.48. The maximum absolute atomic E-state index is 3.43. The molecular weight excluding hydrogens is 246 g/mol. The summed E-state index contributed by atoms with van der Waals surface area (Å²) < 4.78 is 0. The zero-order chi connectivity index (χ0) is 5.82.